The molecule has 1 atom stereocenters. The first-order chi connectivity index (χ1) is 12.8. The van der Waals surface area contributed by atoms with Gasteiger partial charge in [0.15, 0.2) is 11.4 Å². The van der Waals surface area contributed by atoms with Crippen molar-refractivity contribution in [2.24, 2.45) is 5.92 Å². The first kappa shape index (κ1) is 18.6. The van der Waals surface area contributed by atoms with Crippen LogP contribution in [0.1, 0.15) is 31.2 Å². The quantitative estimate of drug-likeness (QED) is 0.641. The number of furan rings is 1. The van der Waals surface area contributed by atoms with E-state index < -0.39 is 23.7 Å². The second kappa shape index (κ2) is 7.18. The van der Waals surface area contributed by atoms with Gasteiger partial charge in [0, 0.05) is 17.0 Å². The van der Waals surface area contributed by atoms with Gasteiger partial charge in [-0.15, -0.1) is 0 Å². The van der Waals surface area contributed by atoms with Crippen molar-refractivity contribution < 1.29 is 18.0 Å². The van der Waals surface area contributed by atoms with E-state index in [1.54, 1.807) is 6.92 Å². The molecule has 0 saturated heterocycles. The van der Waals surface area contributed by atoms with E-state index in [2.05, 4.69) is 20.6 Å². The molecule has 1 aromatic carbocycles. The highest BCUT2D eigenvalue weighted by atomic mass is 19.1. The zero-order valence-corrected chi connectivity index (χ0v) is 15.0. The van der Waals surface area contributed by atoms with Gasteiger partial charge in [-0.25, -0.2) is 23.5 Å². The van der Waals surface area contributed by atoms with Crippen LogP contribution in [-0.4, -0.2) is 16.0 Å². The SMILES string of the molecule is Cc1c([C@H](NC(=O)Nc2cnc(N)nc2)C(C)C)oc2c(F)cc(F)cc12. The molecule has 3 aromatic rings. The molecular weight excluding hydrogens is 356 g/mol. The maximum atomic E-state index is 14.0. The molecular formula is C18H19F2N5O2. The molecule has 2 amide bonds. The van der Waals surface area contributed by atoms with Crippen molar-refractivity contribution in [1.82, 2.24) is 15.3 Å². The van der Waals surface area contributed by atoms with E-state index in [9.17, 15) is 13.6 Å². The van der Waals surface area contributed by atoms with Crippen molar-refractivity contribution in [3.63, 3.8) is 0 Å². The number of nitrogens with two attached hydrogens (primary N) is 1. The fourth-order valence-corrected chi connectivity index (χ4v) is 2.80. The number of amides is 2. The van der Waals surface area contributed by atoms with Crippen molar-refractivity contribution >= 4 is 28.6 Å². The number of nitrogens with one attached hydrogen (secondary N) is 2. The Bertz CT molecular complexity index is 986. The Hall–Kier alpha value is -3.23. The number of rotatable bonds is 4. The number of nitrogens with zero attached hydrogens (tertiary/aromatic N) is 2. The van der Waals surface area contributed by atoms with Crippen LogP contribution in [0.25, 0.3) is 11.0 Å². The van der Waals surface area contributed by atoms with Gasteiger partial charge in [0.05, 0.1) is 24.1 Å². The minimum Gasteiger partial charge on any atom is -0.455 e. The summed E-state index contributed by atoms with van der Waals surface area (Å²) in [6.45, 7) is 5.45. The molecule has 2 heterocycles. The number of urea groups is 1. The molecule has 0 aliphatic carbocycles. The number of anilines is 2. The average molecular weight is 375 g/mol. The summed E-state index contributed by atoms with van der Waals surface area (Å²) in [5.41, 5.74) is 6.30. The van der Waals surface area contributed by atoms with Gasteiger partial charge in [-0.1, -0.05) is 13.8 Å². The van der Waals surface area contributed by atoms with E-state index in [0.29, 0.717) is 22.4 Å². The predicted molar refractivity (Wildman–Crippen MR) is 97.0 cm³/mol. The van der Waals surface area contributed by atoms with Crippen molar-refractivity contribution in [1.29, 1.82) is 0 Å². The third kappa shape index (κ3) is 3.81. The summed E-state index contributed by atoms with van der Waals surface area (Å²) in [4.78, 5) is 19.9. The monoisotopic (exact) mass is 375 g/mol. The molecule has 9 heteroatoms. The number of halogens is 2. The molecule has 2 aromatic heterocycles. The molecule has 0 fully saturated rings. The van der Waals surface area contributed by atoms with Crippen LogP contribution in [0.3, 0.4) is 0 Å². The molecule has 0 spiro atoms. The normalized spacial score (nSPS) is 12.4. The van der Waals surface area contributed by atoms with Crippen LogP contribution in [0.15, 0.2) is 28.9 Å². The molecule has 4 N–H and O–H groups in total. The van der Waals surface area contributed by atoms with E-state index in [1.807, 2.05) is 13.8 Å². The summed E-state index contributed by atoms with van der Waals surface area (Å²) in [6.07, 6.45) is 2.74. The first-order valence-electron chi connectivity index (χ1n) is 8.29. The lowest BCUT2D eigenvalue weighted by atomic mass is 9.98. The number of nitrogen functional groups attached to an aromatic ring is 1. The van der Waals surface area contributed by atoms with Gasteiger partial charge in [-0.3, -0.25) is 0 Å². The van der Waals surface area contributed by atoms with Gasteiger partial charge in [0.2, 0.25) is 5.95 Å². The van der Waals surface area contributed by atoms with Gasteiger partial charge >= 0.3 is 6.03 Å². The molecule has 0 aliphatic heterocycles. The largest absolute Gasteiger partial charge is 0.455 e. The molecule has 3 rings (SSSR count). The Morgan fingerprint density at radius 3 is 2.52 bits per heavy atom. The fraction of sp³-hybridized carbons (Fsp3) is 0.278. The zero-order chi connectivity index (χ0) is 19.7. The van der Waals surface area contributed by atoms with Crippen molar-refractivity contribution in [2.75, 3.05) is 11.1 Å². The Labute approximate surface area is 154 Å². The van der Waals surface area contributed by atoms with Crippen molar-refractivity contribution in [3.8, 4) is 0 Å². The van der Waals surface area contributed by atoms with Gasteiger partial charge in [-0.05, 0) is 18.9 Å². The maximum Gasteiger partial charge on any atom is 0.319 e. The smallest absolute Gasteiger partial charge is 0.319 e. The Morgan fingerprint density at radius 1 is 1.22 bits per heavy atom. The van der Waals surface area contributed by atoms with E-state index in [1.165, 1.54) is 18.5 Å². The fourth-order valence-electron chi connectivity index (χ4n) is 2.80. The lowest BCUT2D eigenvalue weighted by Gasteiger charge is -2.21. The molecule has 0 radical (unpaired) electrons. The van der Waals surface area contributed by atoms with Crippen LogP contribution < -0.4 is 16.4 Å². The van der Waals surface area contributed by atoms with Crippen LogP contribution >= 0.6 is 0 Å². The van der Waals surface area contributed by atoms with Crippen LogP contribution in [0, 0.1) is 24.5 Å². The maximum absolute atomic E-state index is 14.0. The molecule has 142 valence electrons. The average Bonchev–Trinajstić information content (AvgIpc) is 2.92. The van der Waals surface area contributed by atoms with Gasteiger partial charge in [-0.2, -0.15) is 0 Å². The lowest BCUT2D eigenvalue weighted by Crippen LogP contribution is -2.35. The number of fused-ring (bicyclic) bond motifs is 1. The summed E-state index contributed by atoms with van der Waals surface area (Å²) in [6, 6.07) is 0.896. The highest BCUT2D eigenvalue weighted by molar-refractivity contribution is 5.89. The summed E-state index contributed by atoms with van der Waals surface area (Å²) < 4.78 is 33.2. The number of aryl methyl sites for hydroxylation is 1. The Kier molecular flexibility index (Phi) is 4.93. The molecule has 0 saturated carbocycles. The summed E-state index contributed by atoms with van der Waals surface area (Å²) in [5, 5.41) is 5.71. The van der Waals surface area contributed by atoms with Crippen LogP contribution in [0.2, 0.25) is 0 Å². The minimum absolute atomic E-state index is 0.0382. The second-order valence-electron chi connectivity index (χ2n) is 6.51. The van der Waals surface area contributed by atoms with Gasteiger partial charge in [0.1, 0.15) is 11.6 Å². The minimum atomic E-state index is -0.787. The topological polar surface area (TPSA) is 106 Å². The van der Waals surface area contributed by atoms with E-state index in [-0.39, 0.29) is 17.4 Å². The van der Waals surface area contributed by atoms with E-state index in [4.69, 9.17) is 10.2 Å². The van der Waals surface area contributed by atoms with Crippen molar-refractivity contribution in [3.05, 3.63) is 47.5 Å². The number of hydrogen-bond acceptors (Lipinski definition) is 5. The Balaban J connectivity index is 1.88. The summed E-state index contributed by atoms with van der Waals surface area (Å²) in [7, 11) is 0. The number of aromatic nitrogens is 2. The van der Waals surface area contributed by atoms with Crippen LogP contribution in [0.5, 0.6) is 0 Å². The predicted octanol–water partition coefficient (Wildman–Crippen LogP) is 3.91. The number of hydrogen-bond donors (Lipinski definition) is 3. The molecule has 27 heavy (non-hydrogen) atoms. The third-order valence-electron chi connectivity index (χ3n) is 4.16. The second-order valence-corrected chi connectivity index (χ2v) is 6.51. The van der Waals surface area contributed by atoms with Gasteiger partial charge in [0.25, 0.3) is 0 Å². The van der Waals surface area contributed by atoms with Crippen molar-refractivity contribution in [2.45, 2.75) is 26.8 Å². The molecule has 0 aliphatic rings. The zero-order valence-electron chi connectivity index (χ0n) is 15.0. The van der Waals surface area contributed by atoms with E-state index >= 15 is 0 Å². The standard InChI is InChI=1S/C18H19F2N5O2/c1-8(2)14(25-18(26)24-11-6-22-17(21)23-7-11)15-9(3)12-4-10(19)5-13(20)16(12)27-15/h4-8,14H,1-3H3,(H2,21,22,23)(H2,24,25,26)/t14-/m1/s1. The number of carbonyl (C=O) groups excluding carboxylic acids is 1. The lowest BCUT2D eigenvalue weighted by molar-refractivity contribution is 0.241. The van der Waals surface area contributed by atoms with Crippen LogP contribution in [-0.2, 0) is 0 Å². The van der Waals surface area contributed by atoms with Crippen LogP contribution in [0.4, 0.5) is 25.2 Å². The molecule has 0 bridgehead atoms. The third-order valence-corrected chi connectivity index (χ3v) is 4.16. The highest BCUT2D eigenvalue weighted by Gasteiger charge is 2.26. The Morgan fingerprint density at radius 2 is 1.89 bits per heavy atom. The highest BCUT2D eigenvalue weighted by Crippen LogP contribution is 2.34. The molecule has 0 unspecified atom stereocenters. The van der Waals surface area contributed by atoms with Gasteiger partial charge < -0.3 is 20.8 Å². The summed E-state index contributed by atoms with van der Waals surface area (Å²) in [5.74, 6) is -1.09. The number of carbonyl (C=O) groups is 1. The summed E-state index contributed by atoms with van der Waals surface area (Å²) >= 11 is 0. The number of benzene rings is 1. The first-order valence-corrected chi connectivity index (χ1v) is 8.29. The van der Waals surface area contributed by atoms with E-state index in [0.717, 1.165) is 6.07 Å². The molecule has 7 nitrogen and oxygen atoms in total.